The van der Waals surface area contributed by atoms with Crippen LogP contribution in [0.4, 0.5) is 0 Å². The molecule has 0 aliphatic heterocycles. The van der Waals surface area contributed by atoms with E-state index in [1.165, 1.54) is 0 Å². The Kier molecular flexibility index (Phi) is 7.30. The van der Waals surface area contributed by atoms with E-state index in [2.05, 4.69) is 37.6 Å². The molecule has 8 heteroatoms. The van der Waals surface area contributed by atoms with E-state index in [0.29, 0.717) is 35.9 Å². The van der Waals surface area contributed by atoms with Crippen molar-refractivity contribution in [2.45, 2.75) is 51.7 Å². The summed E-state index contributed by atoms with van der Waals surface area (Å²) < 4.78 is 9.19. The van der Waals surface area contributed by atoms with Gasteiger partial charge in [0.1, 0.15) is 23.7 Å². The summed E-state index contributed by atoms with van der Waals surface area (Å²) >= 11 is 10.2. The quantitative estimate of drug-likeness (QED) is 0.256. The van der Waals surface area contributed by atoms with Gasteiger partial charge in [-0.3, -0.25) is 9.78 Å². The van der Waals surface area contributed by atoms with Gasteiger partial charge in [-0.15, -0.1) is 0 Å². The maximum Gasteiger partial charge on any atom is 0.307 e. The molecule has 2 aromatic heterocycles. The maximum atomic E-state index is 12.1. The van der Waals surface area contributed by atoms with E-state index in [1.807, 2.05) is 43.5 Å². The number of rotatable bonds is 7. The van der Waals surface area contributed by atoms with Crippen molar-refractivity contribution < 1.29 is 14.6 Å². The molecular formula is C28H27BrClN3O3. The number of halogens is 2. The molecule has 0 unspecified atom stereocenters. The van der Waals surface area contributed by atoms with Gasteiger partial charge in [0.25, 0.3) is 0 Å². The Morgan fingerprint density at radius 3 is 2.67 bits per heavy atom. The van der Waals surface area contributed by atoms with E-state index >= 15 is 0 Å². The molecule has 1 saturated carbocycles. The Morgan fingerprint density at radius 1 is 1.17 bits per heavy atom. The Hall–Kier alpha value is -2.90. The summed E-state index contributed by atoms with van der Waals surface area (Å²) in [5.74, 6) is 0.0105. The number of hydrogen-bond donors (Lipinski definition) is 1. The highest BCUT2D eigenvalue weighted by Gasteiger charge is 2.35. The van der Waals surface area contributed by atoms with Gasteiger partial charge in [-0.05, 0) is 49.1 Å². The fourth-order valence-corrected chi connectivity index (χ4v) is 5.47. The van der Waals surface area contributed by atoms with Gasteiger partial charge in [0.05, 0.1) is 22.2 Å². The summed E-state index contributed by atoms with van der Waals surface area (Å²) in [6, 6.07) is 15.8. The number of hydrogen-bond acceptors (Lipinski definition) is 4. The third-order valence-electron chi connectivity index (χ3n) is 6.84. The summed E-state index contributed by atoms with van der Waals surface area (Å²) in [6.45, 7) is 2.87. The second-order valence-electron chi connectivity index (χ2n) is 9.41. The number of imidazole rings is 1. The van der Waals surface area contributed by atoms with Crippen molar-refractivity contribution in [2.24, 2.45) is 5.92 Å². The topological polar surface area (TPSA) is 77.2 Å². The molecule has 2 atom stereocenters. The van der Waals surface area contributed by atoms with E-state index in [0.717, 1.165) is 51.9 Å². The zero-order valence-corrected chi connectivity index (χ0v) is 22.3. The van der Waals surface area contributed by atoms with Crippen molar-refractivity contribution >= 4 is 44.5 Å². The van der Waals surface area contributed by atoms with Crippen molar-refractivity contribution in [3.63, 3.8) is 0 Å². The summed E-state index contributed by atoms with van der Waals surface area (Å²) in [7, 11) is 0. The van der Waals surface area contributed by atoms with E-state index in [1.54, 1.807) is 6.07 Å². The molecule has 0 spiro atoms. The molecule has 0 amide bonds. The van der Waals surface area contributed by atoms with Gasteiger partial charge >= 0.3 is 5.97 Å². The van der Waals surface area contributed by atoms with Gasteiger partial charge in [0.2, 0.25) is 0 Å². The molecule has 186 valence electrons. The van der Waals surface area contributed by atoms with E-state index in [-0.39, 0.29) is 5.92 Å². The van der Waals surface area contributed by atoms with E-state index in [4.69, 9.17) is 21.3 Å². The first kappa shape index (κ1) is 24.8. The number of aliphatic carboxylic acids is 1. The number of carboxylic acids is 1. The third-order valence-corrected chi connectivity index (χ3v) is 7.66. The number of ether oxygens (including phenoxy) is 1. The fourth-order valence-electron chi connectivity index (χ4n) is 4.96. The normalized spacial score (nSPS) is 17.9. The molecule has 0 saturated heterocycles. The van der Waals surface area contributed by atoms with Crippen LogP contribution < -0.4 is 4.74 Å². The zero-order valence-electron chi connectivity index (χ0n) is 20.0. The van der Waals surface area contributed by atoms with Crippen LogP contribution in [0.3, 0.4) is 0 Å². The molecule has 0 bridgehead atoms. The highest BCUT2D eigenvalue weighted by Crippen LogP contribution is 2.40. The monoisotopic (exact) mass is 567 g/mol. The molecule has 0 radical (unpaired) electrons. The lowest BCUT2D eigenvalue weighted by molar-refractivity contribution is -0.143. The molecule has 6 nitrogen and oxygen atoms in total. The van der Waals surface area contributed by atoms with Crippen LogP contribution in [0, 0.1) is 12.8 Å². The molecule has 1 aliphatic rings. The van der Waals surface area contributed by atoms with Gasteiger partial charge in [-0.1, -0.05) is 58.6 Å². The summed E-state index contributed by atoms with van der Waals surface area (Å²) in [6.07, 6.45) is 5.18. The number of nitrogens with zero attached hydrogens (tertiary/aromatic N) is 3. The van der Waals surface area contributed by atoms with Gasteiger partial charge < -0.3 is 14.4 Å². The minimum atomic E-state index is -0.761. The van der Waals surface area contributed by atoms with Crippen LogP contribution in [0.1, 0.15) is 54.2 Å². The average Bonchev–Trinajstić information content (AvgIpc) is 3.23. The lowest BCUT2D eigenvalue weighted by Gasteiger charge is -2.28. The zero-order chi connectivity index (χ0) is 25.2. The summed E-state index contributed by atoms with van der Waals surface area (Å²) in [5.41, 5.74) is 4.51. The first-order valence-corrected chi connectivity index (χ1v) is 13.3. The lowest BCUT2D eigenvalue weighted by Crippen LogP contribution is -2.27. The van der Waals surface area contributed by atoms with Gasteiger partial charge in [-0.25, -0.2) is 4.98 Å². The smallest absolute Gasteiger partial charge is 0.307 e. The standard InChI is InChI=1S/C28H27BrClN3O3/c1-17-6-11-20(31-14-17)16-36-21-12-24(30)26-25(13-21)33(15-18-7-9-19(29)10-8-18)27(32-26)22-4-2-3-5-23(22)28(34)35/h6-14,22-23H,2-5,15-16H2,1H3,(H,34,35)/t22-,23+/m1/s1. The largest absolute Gasteiger partial charge is 0.487 e. The van der Waals surface area contributed by atoms with Crippen LogP contribution >= 0.6 is 27.5 Å². The van der Waals surface area contributed by atoms with Crippen molar-refractivity contribution in [3.8, 4) is 5.75 Å². The first-order valence-electron chi connectivity index (χ1n) is 12.1. The van der Waals surface area contributed by atoms with Crippen LogP contribution in [-0.2, 0) is 17.9 Å². The lowest BCUT2D eigenvalue weighted by atomic mass is 9.78. The predicted molar refractivity (Wildman–Crippen MR) is 144 cm³/mol. The summed E-state index contributed by atoms with van der Waals surface area (Å²) in [4.78, 5) is 21.5. The number of pyridine rings is 1. The highest BCUT2D eigenvalue weighted by molar-refractivity contribution is 9.10. The molecule has 1 aliphatic carbocycles. The van der Waals surface area contributed by atoms with E-state index < -0.39 is 11.9 Å². The van der Waals surface area contributed by atoms with Gasteiger partial charge in [0.15, 0.2) is 0 Å². The Balaban J connectivity index is 1.57. The minimum absolute atomic E-state index is 0.170. The number of carboxylic acid groups (broad SMARTS) is 1. The molecule has 1 N–H and O–H groups in total. The Morgan fingerprint density at radius 2 is 1.94 bits per heavy atom. The van der Waals surface area contributed by atoms with Crippen molar-refractivity contribution in [2.75, 3.05) is 0 Å². The molecule has 5 rings (SSSR count). The Bertz CT molecular complexity index is 1390. The molecular weight excluding hydrogens is 542 g/mol. The predicted octanol–water partition coefficient (Wildman–Crippen LogP) is 7.14. The van der Waals surface area contributed by atoms with Crippen LogP contribution in [0.5, 0.6) is 5.75 Å². The fraction of sp³-hybridized carbons (Fsp3) is 0.321. The Labute approximate surface area is 223 Å². The third kappa shape index (κ3) is 5.27. The van der Waals surface area contributed by atoms with Crippen molar-refractivity contribution in [1.82, 2.24) is 14.5 Å². The molecule has 2 heterocycles. The van der Waals surface area contributed by atoms with E-state index in [9.17, 15) is 9.90 Å². The van der Waals surface area contributed by atoms with Crippen LogP contribution in [-0.4, -0.2) is 25.6 Å². The number of carbonyl (C=O) groups is 1. The minimum Gasteiger partial charge on any atom is -0.487 e. The highest BCUT2D eigenvalue weighted by atomic mass is 79.9. The summed E-state index contributed by atoms with van der Waals surface area (Å²) in [5, 5.41) is 10.4. The number of fused-ring (bicyclic) bond motifs is 1. The van der Waals surface area contributed by atoms with Gasteiger partial charge in [-0.2, -0.15) is 0 Å². The van der Waals surface area contributed by atoms with Crippen LogP contribution in [0.15, 0.2) is 59.2 Å². The first-order chi connectivity index (χ1) is 17.4. The maximum absolute atomic E-state index is 12.1. The molecule has 36 heavy (non-hydrogen) atoms. The second-order valence-corrected chi connectivity index (χ2v) is 10.7. The molecule has 2 aromatic carbocycles. The number of benzene rings is 2. The average molecular weight is 569 g/mol. The number of aromatic nitrogens is 3. The number of aryl methyl sites for hydroxylation is 1. The van der Waals surface area contributed by atoms with Crippen LogP contribution in [0.25, 0.3) is 11.0 Å². The second kappa shape index (κ2) is 10.6. The molecule has 1 fully saturated rings. The van der Waals surface area contributed by atoms with Gasteiger partial charge in [0, 0.05) is 35.3 Å². The van der Waals surface area contributed by atoms with Crippen LogP contribution in [0.2, 0.25) is 5.02 Å². The van der Waals surface area contributed by atoms with Crippen molar-refractivity contribution in [1.29, 1.82) is 0 Å². The SMILES string of the molecule is Cc1ccc(COc2cc(Cl)c3nc([C@@H]4CCCC[C@@H]4C(=O)O)n(Cc4ccc(Br)cc4)c3c2)nc1. The molecule has 4 aromatic rings. The van der Waals surface area contributed by atoms with Crippen molar-refractivity contribution in [3.05, 3.63) is 86.9 Å².